The molecule has 1 atom stereocenters. The van der Waals surface area contributed by atoms with Crippen molar-refractivity contribution in [1.29, 1.82) is 0 Å². The molecule has 0 amide bonds. The maximum atomic E-state index is 3.47. The Hall–Kier alpha value is -1.13. The van der Waals surface area contributed by atoms with Crippen molar-refractivity contribution in [3.63, 3.8) is 0 Å². The quantitative estimate of drug-likeness (QED) is 0.412. The molecule has 3 rings (SSSR count). The average Bonchev–Trinajstić information content (AvgIpc) is 2.55. The van der Waals surface area contributed by atoms with E-state index in [1.807, 2.05) is 0 Å². The molecule has 3 aliphatic carbocycles. The largest absolute Gasteiger partial charge is 0.155 e. The van der Waals surface area contributed by atoms with Gasteiger partial charge < -0.3 is 0 Å². The molecule has 1 fully saturated rings. The molecular weight excluding hydrogens is 192 g/mol. The summed E-state index contributed by atoms with van der Waals surface area (Å²) >= 11 is 0. The lowest BCUT2D eigenvalue weighted by molar-refractivity contribution is 0.395. The zero-order chi connectivity index (χ0) is 10.8. The minimum atomic E-state index is 0.386. The second kappa shape index (κ2) is 4.03. The van der Waals surface area contributed by atoms with E-state index in [2.05, 4.69) is 42.5 Å². The summed E-state index contributed by atoms with van der Waals surface area (Å²) in [6.45, 7) is 0. The Bertz CT molecular complexity index is 371. The predicted octanol–water partition coefficient (Wildman–Crippen LogP) is 4.37. The Morgan fingerprint density at radius 3 is 2.69 bits per heavy atom. The first-order valence-corrected chi connectivity index (χ1v) is 6.57. The number of fused-ring (bicyclic) bond motifs is 2. The number of hydrogen-bond acceptors (Lipinski definition) is 0. The maximum Gasteiger partial charge on any atom is 0.155 e. The van der Waals surface area contributed by atoms with Gasteiger partial charge in [0.1, 0.15) is 5.92 Å². The Morgan fingerprint density at radius 1 is 1.06 bits per heavy atom. The topological polar surface area (TPSA) is 0 Å². The Kier molecular flexibility index (Phi) is 2.53. The molecule has 0 saturated heterocycles. The summed E-state index contributed by atoms with van der Waals surface area (Å²) in [6.07, 6.45) is 25.3. The van der Waals surface area contributed by atoms with Crippen molar-refractivity contribution in [2.75, 3.05) is 0 Å². The Labute approximate surface area is 98.4 Å². The maximum absolute atomic E-state index is 3.47. The molecule has 0 heteroatoms. The first kappa shape index (κ1) is 10.1. The third-order valence-electron chi connectivity index (χ3n) is 4.27. The zero-order valence-electron chi connectivity index (χ0n) is 9.78. The summed E-state index contributed by atoms with van der Waals surface area (Å²) in [5.41, 5.74) is 1.98. The zero-order valence-corrected chi connectivity index (χ0v) is 9.78. The minimum absolute atomic E-state index is 0.386. The van der Waals surface area contributed by atoms with Crippen molar-refractivity contribution in [2.24, 2.45) is 11.3 Å². The van der Waals surface area contributed by atoms with Gasteiger partial charge in [0.15, 0.2) is 6.08 Å². The standard InChI is InChI=1S/C16H19/c1-2-7-12-16(11-6-1)13-10-14-8-4-3-5-9-15(14)16/h3-5,9-10,13-14H,1-2,6-7,11-12H2/q+1. The summed E-state index contributed by atoms with van der Waals surface area (Å²) in [5.74, 6) is 0.452. The summed E-state index contributed by atoms with van der Waals surface area (Å²) in [4.78, 5) is 0. The van der Waals surface area contributed by atoms with Crippen LogP contribution in [0.1, 0.15) is 38.5 Å². The van der Waals surface area contributed by atoms with E-state index in [0.29, 0.717) is 11.3 Å². The molecule has 1 unspecified atom stereocenters. The van der Waals surface area contributed by atoms with Crippen LogP contribution in [-0.4, -0.2) is 0 Å². The molecule has 0 aromatic rings. The molecule has 3 aliphatic rings. The fraction of sp³-hybridized carbons (Fsp3) is 0.500. The highest BCUT2D eigenvalue weighted by Gasteiger charge is 2.41. The first-order valence-electron chi connectivity index (χ1n) is 6.57. The smallest absolute Gasteiger partial charge is 0.0747 e. The van der Waals surface area contributed by atoms with Gasteiger partial charge in [-0.1, -0.05) is 31.8 Å². The van der Waals surface area contributed by atoms with E-state index in [1.54, 1.807) is 5.57 Å². The van der Waals surface area contributed by atoms with Crippen molar-refractivity contribution < 1.29 is 0 Å². The van der Waals surface area contributed by atoms with Gasteiger partial charge in [0.05, 0.1) is 12.2 Å². The van der Waals surface area contributed by atoms with Crippen LogP contribution >= 0.6 is 0 Å². The van der Waals surface area contributed by atoms with Crippen molar-refractivity contribution in [3.05, 3.63) is 48.1 Å². The van der Waals surface area contributed by atoms with Crippen molar-refractivity contribution in [1.82, 2.24) is 0 Å². The molecule has 0 N–H and O–H groups in total. The Morgan fingerprint density at radius 2 is 1.88 bits per heavy atom. The van der Waals surface area contributed by atoms with Crippen LogP contribution < -0.4 is 0 Å². The number of allylic oxidation sites excluding steroid dienone is 8. The molecule has 0 aromatic heterocycles. The third-order valence-corrected chi connectivity index (χ3v) is 4.27. The van der Waals surface area contributed by atoms with Crippen molar-refractivity contribution >= 4 is 0 Å². The SMILES string of the molecule is [C+]1=CC=CC=C2C1C=CC21CCCCCC1. The molecule has 0 aromatic carbocycles. The van der Waals surface area contributed by atoms with Crippen LogP contribution in [0, 0.1) is 17.4 Å². The second-order valence-electron chi connectivity index (χ2n) is 5.25. The monoisotopic (exact) mass is 211 g/mol. The lowest BCUT2D eigenvalue weighted by Gasteiger charge is -2.28. The lowest BCUT2D eigenvalue weighted by Crippen LogP contribution is -2.19. The van der Waals surface area contributed by atoms with Crippen LogP contribution in [0.4, 0.5) is 0 Å². The van der Waals surface area contributed by atoms with E-state index in [9.17, 15) is 0 Å². The van der Waals surface area contributed by atoms with Gasteiger partial charge in [0, 0.05) is 11.5 Å². The van der Waals surface area contributed by atoms with Crippen molar-refractivity contribution in [3.8, 4) is 0 Å². The summed E-state index contributed by atoms with van der Waals surface area (Å²) in [7, 11) is 0. The van der Waals surface area contributed by atoms with Gasteiger partial charge in [0.2, 0.25) is 0 Å². The summed E-state index contributed by atoms with van der Waals surface area (Å²) < 4.78 is 0. The van der Waals surface area contributed by atoms with E-state index in [4.69, 9.17) is 0 Å². The molecule has 1 saturated carbocycles. The van der Waals surface area contributed by atoms with Gasteiger partial charge in [-0.25, -0.2) is 0 Å². The van der Waals surface area contributed by atoms with E-state index < -0.39 is 0 Å². The molecule has 0 bridgehead atoms. The molecule has 16 heavy (non-hydrogen) atoms. The predicted molar refractivity (Wildman–Crippen MR) is 67.8 cm³/mol. The molecule has 0 radical (unpaired) electrons. The van der Waals surface area contributed by atoms with Gasteiger partial charge in [-0.15, -0.1) is 0 Å². The lowest BCUT2D eigenvalue weighted by atomic mass is 9.74. The van der Waals surface area contributed by atoms with Crippen LogP contribution in [0.25, 0.3) is 0 Å². The fourth-order valence-electron chi connectivity index (χ4n) is 3.39. The minimum Gasteiger partial charge on any atom is -0.0747 e. The highest BCUT2D eigenvalue weighted by atomic mass is 14.4. The molecule has 82 valence electrons. The van der Waals surface area contributed by atoms with Crippen LogP contribution in [-0.2, 0) is 0 Å². The van der Waals surface area contributed by atoms with E-state index in [-0.39, 0.29) is 0 Å². The molecule has 0 aliphatic heterocycles. The van der Waals surface area contributed by atoms with Crippen LogP contribution in [0.15, 0.2) is 42.0 Å². The first-order chi connectivity index (χ1) is 7.91. The van der Waals surface area contributed by atoms with Gasteiger partial charge >= 0.3 is 0 Å². The van der Waals surface area contributed by atoms with Gasteiger partial charge in [0.25, 0.3) is 0 Å². The number of hydrogen-bond donors (Lipinski definition) is 0. The molecular formula is C16H19+. The normalized spacial score (nSPS) is 30.5. The van der Waals surface area contributed by atoms with E-state index >= 15 is 0 Å². The number of rotatable bonds is 0. The Balaban J connectivity index is 1.95. The van der Waals surface area contributed by atoms with Crippen LogP contribution in [0.3, 0.4) is 0 Å². The van der Waals surface area contributed by atoms with Gasteiger partial charge in [-0.05, 0) is 30.6 Å². The second-order valence-corrected chi connectivity index (χ2v) is 5.25. The highest BCUT2D eigenvalue weighted by Crippen LogP contribution is 2.50. The summed E-state index contributed by atoms with van der Waals surface area (Å²) in [5, 5.41) is 0. The average molecular weight is 211 g/mol. The van der Waals surface area contributed by atoms with E-state index in [0.717, 1.165) is 0 Å². The molecule has 0 heterocycles. The van der Waals surface area contributed by atoms with E-state index in [1.165, 1.54) is 38.5 Å². The highest BCUT2D eigenvalue weighted by molar-refractivity contribution is 5.40. The van der Waals surface area contributed by atoms with Crippen molar-refractivity contribution in [2.45, 2.75) is 38.5 Å². The molecule has 1 spiro atoms. The van der Waals surface area contributed by atoms with Gasteiger partial charge in [-0.3, -0.25) is 0 Å². The summed E-state index contributed by atoms with van der Waals surface area (Å²) in [6, 6.07) is 0. The third kappa shape index (κ3) is 1.58. The van der Waals surface area contributed by atoms with Crippen LogP contribution in [0.5, 0.6) is 0 Å². The van der Waals surface area contributed by atoms with Gasteiger partial charge in [-0.2, -0.15) is 0 Å². The van der Waals surface area contributed by atoms with Crippen LogP contribution in [0.2, 0.25) is 0 Å². The molecule has 0 nitrogen and oxygen atoms in total. The fourth-order valence-corrected chi connectivity index (χ4v) is 3.39.